The third kappa shape index (κ3) is 1.74. The number of nitro benzene ring substituents is 1. The maximum atomic E-state index is 12.4. The molecule has 0 spiro atoms. The van der Waals surface area contributed by atoms with Crippen molar-refractivity contribution < 1.29 is 14.9 Å². The number of nitro groups is 1. The summed E-state index contributed by atoms with van der Waals surface area (Å²) in [4.78, 5) is 10.1. The zero-order valence-electron chi connectivity index (χ0n) is 11.8. The second-order valence-corrected chi connectivity index (χ2v) is 5.83. The zero-order chi connectivity index (χ0) is 15.3. The van der Waals surface area contributed by atoms with Gasteiger partial charge in [0.15, 0.2) is 5.54 Å². The van der Waals surface area contributed by atoms with E-state index >= 15 is 0 Å². The number of benzene rings is 1. The molecule has 0 saturated carbocycles. The third-order valence-electron chi connectivity index (χ3n) is 4.23. The summed E-state index contributed by atoms with van der Waals surface area (Å²) in [6.45, 7) is 6.79. The lowest BCUT2D eigenvalue weighted by Gasteiger charge is -2.32. The van der Waals surface area contributed by atoms with Gasteiger partial charge in [-0.05, 0) is 39.8 Å². The van der Waals surface area contributed by atoms with Crippen LogP contribution in [0.3, 0.4) is 0 Å². The first-order valence-corrected chi connectivity index (χ1v) is 6.17. The van der Waals surface area contributed by atoms with Gasteiger partial charge in [-0.3, -0.25) is 14.9 Å². The van der Waals surface area contributed by atoms with Crippen molar-refractivity contribution in [3.8, 4) is 0 Å². The van der Waals surface area contributed by atoms with Crippen LogP contribution >= 0.6 is 0 Å². The Morgan fingerprint density at radius 2 is 1.65 bits per heavy atom. The van der Waals surface area contributed by atoms with Crippen molar-refractivity contribution in [3.05, 3.63) is 45.2 Å². The minimum absolute atomic E-state index is 0.0186. The largest absolute Gasteiger partial charge is 0.714 e. The summed E-state index contributed by atoms with van der Waals surface area (Å²) < 4.78 is 0.682. The Morgan fingerprint density at radius 3 is 2.00 bits per heavy atom. The van der Waals surface area contributed by atoms with E-state index in [-0.39, 0.29) is 11.5 Å². The minimum atomic E-state index is -0.897. The lowest BCUT2D eigenvalue weighted by Crippen LogP contribution is -2.53. The van der Waals surface area contributed by atoms with Crippen LogP contribution in [0, 0.1) is 15.3 Å². The van der Waals surface area contributed by atoms with Crippen molar-refractivity contribution >= 4 is 11.5 Å². The van der Waals surface area contributed by atoms with E-state index in [2.05, 4.69) is 0 Å². The summed E-state index contributed by atoms with van der Waals surface area (Å²) in [7, 11) is 0. The van der Waals surface area contributed by atoms with Gasteiger partial charge in [-0.2, -0.15) is 0 Å². The Balaban J connectivity index is 2.52. The number of nitrogens with zero attached hydrogens (tertiary/aromatic N) is 3. The van der Waals surface area contributed by atoms with Gasteiger partial charge in [0, 0.05) is 17.3 Å². The van der Waals surface area contributed by atoms with Crippen molar-refractivity contribution in [1.82, 2.24) is 5.06 Å². The highest BCUT2D eigenvalue weighted by atomic mass is 16.6. The second-order valence-electron chi connectivity index (χ2n) is 5.83. The molecule has 1 heterocycles. The first kappa shape index (κ1) is 14.3. The lowest BCUT2D eigenvalue weighted by molar-refractivity contribution is -0.539. The van der Waals surface area contributed by atoms with E-state index in [9.17, 15) is 20.5 Å². The van der Waals surface area contributed by atoms with Crippen molar-refractivity contribution in [3.63, 3.8) is 0 Å². The number of hydrogen-bond donors (Lipinski definition) is 0. The number of non-ortho nitro benzene ring substituents is 1. The highest BCUT2D eigenvalue weighted by molar-refractivity contribution is 5.96. The highest BCUT2D eigenvalue weighted by Crippen LogP contribution is 2.37. The van der Waals surface area contributed by atoms with Crippen molar-refractivity contribution in [2.24, 2.45) is 0 Å². The summed E-state index contributed by atoms with van der Waals surface area (Å²) in [5.74, 6) is -0.0186. The average molecular weight is 278 g/mol. The van der Waals surface area contributed by atoms with Gasteiger partial charge in [-0.1, -0.05) is 5.06 Å². The van der Waals surface area contributed by atoms with E-state index in [1.165, 1.54) is 24.3 Å². The van der Waals surface area contributed by atoms with Crippen LogP contribution in [-0.2, 0) is 5.21 Å². The molecule has 0 N–H and O–H groups in total. The molecule has 2 rings (SSSR count). The topological polar surface area (TPSA) is 92.4 Å². The summed E-state index contributed by atoms with van der Waals surface area (Å²) >= 11 is 0. The van der Waals surface area contributed by atoms with Crippen molar-refractivity contribution in [1.29, 1.82) is 0 Å². The minimum Gasteiger partial charge on any atom is -0.714 e. The molecule has 0 fully saturated rings. The maximum absolute atomic E-state index is 12.4. The van der Waals surface area contributed by atoms with Crippen LogP contribution in [0.1, 0.15) is 33.3 Å². The fourth-order valence-electron chi connectivity index (χ4n) is 2.08. The third-order valence-corrected chi connectivity index (χ3v) is 4.23. The summed E-state index contributed by atoms with van der Waals surface area (Å²) in [6, 6.07) is 5.40. The first-order valence-electron chi connectivity index (χ1n) is 6.17. The van der Waals surface area contributed by atoms with E-state index in [1.807, 2.05) is 0 Å². The summed E-state index contributed by atoms with van der Waals surface area (Å²) in [6.07, 6.45) is 0. The number of hydroxylamine groups is 3. The SMILES string of the molecule is CC1(C)N([O])C(c2ccc([N+](=O)[O-])cc2)=[N+]([O-])C1(C)C. The van der Waals surface area contributed by atoms with E-state index in [0.29, 0.717) is 15.4 Å². The molecule has 0 unspecified atom stereocenters. The molecule has 1 radical (unpaired) electrons. The van der Waals surface area contributed by atoms with Crippen LogP contribution in [0.2, 0.25) is 0 Å². The smallest absolute Gasteiger partial charge is 0.316 e. The molecule has 0 saturated heterocycles. The molecule has 0 aliphatic carbocycles. The Kier molecular flexibility index (Phi) is 2.98. The molecule has 0 atom stereocenters. The predicted molar refractivity (Wildman–Crippen MR) is 71.5 cm³/mol. The summed E-state index contributed by atoms with van der Waals surface area (Å²) in [5.41, 5.74) is -1.50. The van der Waals surface area contributed by atoms with Gasteiger partial charge in [-0.25, -0.2) is 0 Å². The monoisotopic (exact) mass is 278 g/mol. The first-order chi connectivity index (χ1) is 9.10. The van der Waals surface area contributed by atoms with Crippen molar-refractivity contribution in [2.75, 3.05) is 0 Å². The van der Waals surface area contributed by atoms with E-state index in [1.54, 1.807) is 27.7 Å². The Hall–Kier alpha value is -2.15. The molecular formula is C13H16N3O4. The van der Waals surface area contributed by atoms with Crippen LogP contribution in [0.4, 0.5) is 5.69 Å². The van der Waals surface area contributed by atoms with Gasteiger partial charge in [0.1, 0.15) is 5.54 Å². The molecule has 1 aromatic carbocycles. The van der Waals surface area contributed by atoms with E-state index < -0.39 is 16.0 Å². The van der Waals surface area contributed by atoms with Crippen LogP contribution in [-0.4, -0.2) is 31.6 Å². The van der Waals surface area contributed by atoms with Crippen LogP contribution in [0.25, 0.3) is 0 Å². The van der Waals surface area contributed by atoms with Gasteiger partial charge < -0.3 is 5.21 Å². The Morgan fingerprint density at radius 1 is 1.15 bits per heavy atom. The summed E-state index contributed by atoms with van der Waals surface area (Å²) in [5, 5.41) is 36.1. The molecular weight excluding hydrogens is 262 g/mol. The average Bonchev–Trinajstić information content (AvgIpc) is 2.49. The van der Waals surface area contributed by atoms with E-state index in [0.717, 1.165) is 0 Å². The molecule has 7 nitrogen and oxygen atoms in total. The molecule has 1 aliphatic heterocycles. The fourth-order valence-corrected chi connectivity index (χ4v) is 2.08. The van der Waals surface area contributed by atoms with Gasteiger partial charge in [0.2, 0.25) is 0 Å². The molecule has 20 heavy (non-hydrogen) atoms. The molecule has 7 heteroatoms. The quantitative estimate of drug-likeness (QED) is 0.358. The lowest BCUT2D eigenvalue weighted by atomic mass is 9.84. The van der Waals surface area contributed by atoms with Crippen LogP contribution in [0.5, 0.6) is 0 Å². The predicted octanol–water partition coefficient (Wildman–Crippen LogP) is 2.07. The number of amidine groups is 1. The molecule has 0 aromatic heterocycles. The van der Waals surface area contributed by atoms with Gasteiger partial charge in [-0.15, -0.1) is 0 Å². The van der Waals surface area contributed by atoms with Gasteiger partial charge >= 0.3 is 5.84 Å². The zero-order valence-corrected chi connectivity index (χ0v) is 11.8. The molecule has 0 bridgehead atoms. The number of rotatable bonds is 2. The Bertz CT molecular complexity index is 590. The normalized spacial score (nSPS) is 20.4. The molecule has 0 amide bonds. The van der Waals surface area contributed by atoms with Crippen LogP contribution < -0.4 is 0 Å². The van der Waals surface area contributed by atoms with E-state index in [4.69, 9.17) is 0 Å². The molecule has 107 valence electrons. The number of hydrogen-bond acceptors (Lipinski definition) is 4. The fraction of sp³-hybridized carbons (Fsp3) is 0.462. The van der Waals surface area contributed by atoms with Gasteiger partial charge in [0.05, 0.1) is 10.5 Å². The molecule has 1 aromatic rings. The second kappa shape index (κ2) is 4.17. The standard InChI is InChI=1S/C13H16N3O4/c1-12(2)13(3,4)15(18)11(14(12)17)9-5-7-10(8-6-9)16(19)20/h5-8H,1-4H3. The Labute approximate surface area is 116 Å². The van der Waals surface area contributed by atoms with Gasteiger partial charge in [0.25, 0.3) is 5.69 Å². The molecule has 1 aliphatic rings. The van der Waals surface area contributed by atoms with Crippen molar-refractivity contribution in [2.45, 2.75) is 38.8 Å². The van der Waals surface area contributed by atoms with Crippen LogP contribution in [0.15, 0.2) is 24.3 Å². The highest BCUT2D eigenvalue weighted by Gasteiger charge is 2.59. The maximum Gasteiger partial charge on any atom is 0.316 e.